The van der Waals surface area contributed by atoms with Crippen LogP contribution in [0.5, 0.6) is 0 Å². The molecule has 1 heterocycles. The molecule has 154 valence electrons. The highest BCUT2D eigenvalue weighted by Gasteiger charge is 2.40. The number of nitrogens with zero attached hydrogens (tertiary/aromatic N) is 4. The van der Waals surface area contributed by atoms with E-state index in [1.54, 1.807) is 24.3 Å². The second-order valence-corrected chi connectivity index (χ2v) is 6.91. The van der Waals surface area contributed by atoms with E-state index < -0.39 is 35.8 Å². The molecule has 0 saturated carbocycles. The summed E-state index contributed by atoms with van der Waals surface area (Å²) in [4.78, 5) is 20.3. The van der Waals surface area contributed by atoms with E-state index in [4.69, 9.17) is 10.3 Å². The molecular weight excluding hydrogens is 402 g/mol. The molecule has 0 amide bonds. The number of hydrogen-bond acceptors (Lipinski definition) is 4. The topological polar surface area (TPSA) is 87.4 Å². The van der Waals surface area contributed by atoms with E-state index in [0.29, 0.717) is 16.7 Å². The van der Waals surface area contributed by atoms with Crippen LogP contribution >= 0.6 is 0 Å². The number of halogens is 2. The minimum Gasteiger partial charge on any atom is -0.454 e. The number of rotatable bonds is 5. The lowest BCUT2D eigenvalue weighted by Crippen LogP contribution is -2.38. The Kier molecular flexibility index (Phi) is 5.73. The molecule has 0 radical (unpaired) electrons. The Balaban J connectivity index is 1.84. The molecule has 3 atom stereocenters. The Morgan fingerprint density at radius 3 is 2.16 bits per heavy atom. The first-order valence-corrected chi connectivity index (χ1v) is 9.46. The molecule has 8 heteroatoms. The number of carbonyl (C=O) groups excluding carboxylic acids is 1. The van der Waals surface area contributed by atoms with Gasteiger partial charge < -0.3 is 4.74 Å². The molecule has 1 aliphatic heterocycles. The summed E-state index contributed by atoms with van der Waals surface area (Å²) in [5.74, 6) is -1.55. The van der Waals surface area contributed by atoms with Crippen LogP contribution in [0.2, 0.25) is 0 Å². The summed E-state index contributed by atoms with van der Waals surface area (Å²) in [5, 5.41) is 3.81. The Hall–Kier alpha value is -4.03. The van der Waals surface area contributed by atoms with Crippen molar-refractivity contribution in [1.82, 2.24) is 0 Å². The van der Waals surface area contributed by atoms with Crippen LogP contribution in [-0.2, 0) is 9.53 Å². The van der Waals surface area contributed by atoms with E-state index in [-0.39, 0.29) is 5.71 Å². The van der Waals surface area contributed by atoms with Gasteiger partial charge in [-0.2, -0.15) is 0 Å². The van der Waals surface area contributed by atoms with Crippen molar-refractivity contribution in [2.45, 2.75) is 18.2 Å². The van der Waals surface area contributed by atoms with Crippen molar-refractivity contribution in [3.8, 4) is 0 Å². The number of carbonyl (C=O) groups is 1. The molecule has 0 aliphatic carbocycles. The number of esters is 1. The van der Waals surface area contributed by atoms with E-state index in [1.807, 2.05) is 6.07 Å². The molecule has 4 rings (SSSR count). The Labute approximate surface area is 176 Å². The molecule has 0 spiro atoms. The fraction of sp³-hybridized carbons (Fsp3) is 0.130. The van der Waals surface area contributed by atoms with Gasteiger partial charge in [0.15, 0.2) is 5.71 Å². The van der Waals surface area contributed by atoms with Crippen LogP contribution in [0.1, 0.15) is 28.8 Å². The quantitative estimate of drug-likeness (QED) is 0.238. The van der Waals surface area contributed by atoms with Crippen molar-refractivity contribution < 1.29 is 18.3 Å². The van der Waals surface area contributed by atoms with Crippen LogP contribution in [-0.4, -0.2) is 17.8 Å². The zero-order valence-corrected chi connectivity index (χ0v) is 16.1. The second-order valence-electron chi connectivity index (χ2n) is 6.91. The fourth-order valence-electron chi connectivity index (χ4n) is 3.50. The summed E-state index contributed by atoms with van der Waals surface area (Å²) in [5.41, 5.74) is 10.9. The van der Waals surface area contributed by atoms with Crippen LogP contribution in [0.15, 0.2) is 89.0 Å². The van der Waals surface area contributed by atoms with Gasteiger partial charge in [-0.15, -0.1) is 0 Å². The lowest BCUT2D eigenvalue weighted by atomic mass is 9.90. The van der Waals surface area contributed by atoms with Gasteiger partial charge in [0.2, 0.25) is 0 Å². The van der Waals surface area contributed by atoms with Gasteiger partial charge in [-0.3, -0.25) is 4.99 Å². The summed E-state index contributed by atoms with van der Waals surface area (Å²) < 4.78 is 32.7. The third-order valence-corrected chi connectivity index (χ3v) is 4.97. The van der Waals surface area contributed by atoms with Crippen LogP contribution in [0, 0.1) is 11.6 Å². The maximum Gasteiger partial charge on any atom is 0.357 e. The minimum atomic E-state index is -1.01. The standard InChI is InChI=1S/C23H16F2N4O2/c24-17-10-6-15(7-11-17)19-22(20(28-29-26)16-8-12-18(25)13-9-16)31-23(30)21(27-19)14-4-2-1-3-5-14/h1-13,19-20,22H/t19-,20+,22-/m1/s1. The Bertz CT molecular complexity index is 1160. The van der Waals surface area contributed by atoms with Gasteiger partial charge in [0.25, 0.3) is 0 Å². The average Bonchev–Trinajstić information content (AvgIpc) is 2.79. The first-order chi connectivity index (χ1) is 15.1. The number of hydrogen-bond donors (Lipinski definition) is 0. The number of benzene rings is 3. The molecule has 0 bridgehead atoms. The van der Waals surface area contributed by atoms with E-state index in [1.165, 1.54) is 48.5 Å². The summed E-state index contributed by atoms with van der Waals surface area (Å²) in [6.45, 7) is 0. The molecule has 0 saturated heterocycles. The highest BCUT2D eigenvalue weighted by Crippen LogP contribution is 2.38. The zero-order chi connectivity index (χ0) is 21.8. The fourth-order valence-corrected chi connectivity index (χ4v) is 3.50. The van der Waals surface area contributed by atoms with Gasteiger partial charge in [0.05, 0.1) is 0 Å². The van der Waals surface area contributed by atoms with Crippen molar-refractivity contribution in [2.24, 2.45) is 10.1 Å². The van der Waals surface area contributed by atoms with Crippen molar-refractivity contribution in [3.63, 3.8) is 0 Å². The number of cyclic esters (lactones) is 1. The van der Waals surface area contributed by atoms with E-state index in [9.17, 15) is 13.6 Å². The van der Waals surface area contributed by atoms with Crippen LogP contribution < -0.4 is 0 Å². The van der Waals surface area contributed by atoms with E-state index in [0.717, 1.165) is 0 Å². The van der Waals surface area contributed by atoms with Crippen molar-refractivity contribution in [1.29, 1.82) is 0 Å². The van der Waals surface area contributed by atoms with Crippen LogP contribution in [0.4, 0.5) is 8.78 Å². The van der Waals surface area contributed by atoms with Crippen LogP contribution in [0.3, 0.4) is 0 Å². The van der Waals surface area contributed by atoms with Crippen molar-refractivity contribution >= 4 is 11.7 Å². The normalized spacial score (nSPS) is 19.0. The van der Waals surface area contributed by atoms with Gasteiger partial charge in [-0.1, -0.05) is 59.7 Å². The number of ether oxygens (including phenoxy) is 1. The summed E-state index contributed by atoms with van der Waals surface area (Å²) in [7, 11) is 0. The predicted octanol–water partition coefficient (Wildman–Crippen LogP) is 5.47. The Morgan fingerprint density at radius 1 is 0.935 bits per heavy atom. The molecule has 0 N–H and O–H groups in total. The molecule has 0 aromatic heterocycles. The molecule has 3 aromatic rings. The third-order valence-electron chi connectivity index (χ3n) is 4.97. The first kappa shape index (κ1) is 20.3. The second kappa shape index (κ2) is 8.77. The van der Waals surface area contributed by atoms with Crippen molar-refractivity contribution in [2.75, 3.05) is 0 Å². The van der Waals surface area contributed by atoms with Gasteiger partial charge in [0.1, 0.15) is 29.8 Å². The van der Waals surface area contributed by atoms with Gasteiger partial charge >= 0.3 is 5.97 Å². The van der Waals surface area contributed by atoms with Crippen LogP contribution in [0.25, 0.3) is 10.4 Å². The average molecular weight is 418 g/mol. The maximum atomic E-state index is 13.5. The monoisotopic (exact) mass is 418 g/mol. The smallest absolute Gasteiger partial charge is 0.357 e. The molecule has 6 nitrogen and oxygen atoms in total. The lowest BCUT2D eigenvalue weighted by molar-refractivity contribution is -0.144. The lowest BCUT2D eigenvalue weighted by Gasteiger charge is -2.33. The molecule has 3 aromatic carbocycles. The molecule has 0 unspecified atom stereocenters. The van der Waals surface area contributed by atoms with Gasteiger partial charge in [0, 0.05) is 10.5 Å². The highest BCUT2D eigenvalue weighted by molar-refractivity contribution is 6.43. The maximum absolute atomic E-state index is 13.5. The number of aliphatic imine (C=N–C) groups is 1. The minimum absolute atomic E-state index is 0.116. The summed E-state index contributed by atoms with van der Waals surface area (Å²) in [6.07, 6.45) is -1.01. The van der Waals surface area contributed by atoms with Crippen molar-refractivity contribution in [3.05, 3.63) is 118 Å². The largest absolute Gasteiger partial charge is 0.454 e. The first-order valence-electron chi connectivity index (χ1n) is 9.46. The molecule has 31 heavy (non-hydrogen) atoms. The van der Waals surface area contributed by atoms with Gasteiger partial charge in [-0.25, -0.2) is 13.6 Å². The molecular formula is C23H16F2N4O2. The summed E-state index contributed by atoms with van der Waals surface area (Å²) in [6, 6.07) is 18.1. The Morgan fingerprint density at radius 2 is 1.55 bits per heavy atom. The SMILES string of the molecule is [N-]=[N+]=N[C@@H](c1ccc(F)cc1)[C@@H]1OC(=O)C(c2ccccc2)=N[C@@H]1c1ccc(F)cc1. The van der Waals surface area contributed by atoms with E-state index in [2.05, 4.69) is 15.0 Å². The predicted molar refractivity (Wildman–Crippen MR) is 110 cm³/mol. The molecule has 0 fully saturated rings. The summed E-state index contributed by atoms with van der Waals surface area (Å²) >= 11 is 0. The third kappa shape index (κ3) is 4.29. The van der Waals surface area contributed by atoms with Gasteiger partial charge in [-0.05, 0) is 40.9 Å². The van der Waals surface area contributed by atoms with E-state index >= 15 is 0 Å². The highest BCUT2D eigenvalue weighted by atomic mass is 19.1. The number of azide groups is 1. The zero-order valence-electron chi connectivity index (χ0n) is 16.1. The molecule has 1 aliphatic rings.